The Hall–Kier alpha value is -1.17. The fourth-order valence-corrected chi connectivity index (χ4v) is 2.82. The second-order valence-electron chi connectivity index (χ2n) is 5.50. The van der Waals surface area contributed by atoms with E-state index >= 15 is 0 Å². The van der Waals surface area contributed by atoms with Gasteiger partial charge >= 0.3 is 0 Å². The molecule has 1 N–H and O–H groups in total. The van der Waals surface area contributed by atoms with Gasteiger partial charge in [-0.05, 0) is 30.2 Å². The van der Waals surface area contributed by atoms with Gasteiger partial charge in [-0.2, -0.15) is 0 Å². The fraction of sp³-hybridized carbons (Fsp3) is 0.625. The lowest BCUT2D eigenvalue weighted by Gasteiger charge is -2.22. The van der Waals surface area contributed by atoms with Gasteiger partial charge in [0.2, 0.25) is 0 Å². The van der Waals surface area contributed by atoms with Crippen LogP contribution >= 0.6 is 0 Å². The van der Waals surface area contributed by atoms with Crippen molar-refractivity contribution in [1.29, 1.82) is 0 Å². The van der Waals surface area contributed by atoms with Gasteiger partial charge in [-0.3, -0.25) is 0 Å². The summed E-state index contributed by atoms with van der Waals surface area (Å²) in [6.45, 7) is 4.85. The molecule has 1 saturated heterocycles. The van der Waals surface area contributed by atoms with E-state index in [1.165, 1.54) is 6.07 Å². The summed E-state index contributed by atoms with van der Waals surface area (Å²) >= 11 is 0. The highest BCUT2D eigenvalue weighted by Crippen LogP contribution is 2.28. The number of hydrogen-bond donors (Lipinski definition) is 1. The summed E-state index contributed by atoms with van der Waals surface area (Å²) in [7, 11) is 3.42. The van der Waals surface area contributed by atoms with Gasteiger partial charge in [-0.1, -0.05) is 0 Å². The molecule has 5 heteroatoms. The monoisotopic (exact) mass is 296 g/mol. The molecule has 0 bridgehead atoms. The van der Waals surface area contributed by atoms with Crippen LogP contribution in [-0.2, 0) is 16.0 Å². The topological polar surface area (TPSA) is 33.7 Å². The van der Waals surface area contributed by atoms with Crippen LogP contribution in [0.2, 0.25) is 0 Å². The Bertz CT molecular complexity index is 442. The van der Waals surface area contributed by atoms with Crippen LogP contribution in [0, 0.1) is 11.7 Å². The van der Waals surface area contributed by atoms with Crippen LogP contribution in [-0.4, -0.2) is 47.1 Å². The van der Waals surface area contributed by atoms with E-state index in [1.807, 2.05) is 6.07 Å². The standard InChI is InChI=1S/C16H25FN2O2/c1-20-8-6-18-10-14-9-15(17)3-4-16(14)19-7-5-13(11-19)12-21-2/h3-4,9,13,18H,5-8,10-12H2,1-2H3. The maximum Gasteiger partial charge on any atom is 0.123 e. The minimum Gasteiger partial charge on any atom is -0.384 e. The molecule has 1 fully saturated rings. The zero-order valence-corrected chi connectivity index (χ0v) is 12.9. The lowest BCUT2D eigenvalue weighted by atomic mass is 10.1. The lowest BCUT2D eigenvalue weighted by molar-refractivity contribution is 0.161. The van der Waals surface area contributed by atoms with Crippen molar-refractivity contribution in [2.24, 2.45) is 5.92 Å². The number of methoxy groups -OCH3 is 2. The highest BCUT2D eigenvalue weighted by Gasteiger charge is 2.24. The second-order valence-corrected chi connectivity index (χ2v) is 5.50. The number of ether oxygens (including phenoxy) is 2. The molecule has 1 atom stereocenters. The van der Waals surface area contributed by atoms with E-state index in [0.717, 1.165) is 43.9 Å². The van der Waals surface area contributed by atoms with Gasteiger partial charge in [-0.25, -0.2) is 4.39 Å². The number of nitrogens with one attached hydrogen (secondary N) is 1. The molecule has 1 aromatic carbocycles. The van der Waals surface area contributed by atoms with Crippen LogP contribution in [0.3, 0.4) is 0 Å². The molecule has 1 unspecified atom stereocenters. The third-order valence-electron chi connectivity index (χ3n) is 3.87. The Morgan fingerprint density at radius 2 is 2.19 bits per heavy atom. The first-order valence-electron chi connectivity index (χ1n) is 7.46. The van der Waals surface area contributed by atoms with Crippen molar-refractivity contribution < 1.29 is 13.9 Å². The largest absolute Gasteiger partial charge is 0.384 e. The maximum atomic E-state index is 13.5. The van der Waals surface area contributed by atoms with Gasteiger partial charge in [0.15, 0.2) is 0 Å². The second kappa shape index (κ2) is 8.32. The van der Waals surface area contributed by atoms with Gasteiger partial charge in [0.05, 0.1) is 13.2 Å². The molecular weight excluding hydrogens is 271 g/mol. The highest BCUT2D eigenvalue weighted by atomic mass is 19.1. The van der Waals surface area contributed by atoms with E-state index in [2.05, 4.69) is 10.2 Å². The van der Waals surface area contributed by atoms with E-state index in [9.17, 15) is 4.39 Å². The van der Waals surface area contributed by atoms with Gasteiger partial charge in [0.1, 0.15) is 5.82 Å². The molecule has 21 heavy (non-hydrogen) atoms. The van der Waals surface area contributed by atoms with E-state index in [-0.39, 0.29) is 5.82 Å². The normalized spacial score (nSPS) is 18.4. The SMILES string of the molecule is COCCNCc1cc(F)ccc1N1CCC(COC)C1. The summed E-state index contributed by atoms with van der Waals surface area (Å²) in [6.07, 6.45) is 1.13. The van der Waals surface area contributed by atoms with E-state index < -0.39 is 0 Å². The molecule has 2 rings (SSSR count). The molecule has 4 nitrogen and oxygen atoms in total. The molecule has 0 radical (unpaired) electrons. The molecule has 1 heterocycles. The van der Waals surface area contributed by atoms with E-state index in [1.54, 1.807) is 20.3 Å². The van der Waals surface area contributed by atoms with Gasteiger partial charge in [0.25, 0.3) is 0 Å². The minimum atomic E-state index is -0.185. The van der Waals surface area contributed by atoms with Gasteiger partial charge < -0.3 is 19.7 Å². The predicted molar refractivity (Wildman–Crippen MR) is 82.2 cm³/mol. The molecule has 1 aromatic rings. The molecule has 0 aliphatic carbocycles. The van der Waals surface area contributed by atoms with Crippen LogP contribution in [0.5, 0.6) is 0 Å². The van der Waals surface area contributed by atoms with Crippen molar-refractivity contribution in [2.45, 2.75) is 13.0 Å². The average Bonchev–Trinajstić information content (AvgIpc) is 2.93. The summed E-state index contributed by atoms with van der Waals surface area (Å²) in [5, 5.41) is 3.29. The fourth-order valence-electron chi connectivity index (χ4n) is 2.82. The Labute approximate surface area is 126 Å². The third kappa shape index (κ3) is 4.66. The quantitative estimate of drug-likeness (QED) is 0.744. The number of rotatable bonds is 8. The first-order chi connectivity index (χ1) is 10.2. The van der Waals surface area contributed by atoms with Gasteiger partial charge in [-0.15, -0.1) is 0 Å². The number of hydrogen-bond acceptors (Lipinski definition) is 4. The first kappa shape index (κ1) is 16.2. The summed E-state index contributed by atoms with van der Waals surface area (Å²) in [6, 6.07) is 5.05. The summed E-state index contributed by atoms with van der Waals surface area (Å²) < 4.78 is 23.8. The predicted octanol–water partition coefficient (Wildman–Crippen LogP) is 2.03. The number of benzene rings is 1. The summed E-state index contributed by atoms with van der Waals surface area (Å²) in [5.74, 6) is 0.379. The van der Waals surface area contributed by atoms with Crippen LogP contribution in [0.15, 0.2) is 18.2 Å². The van der Waals surface area contributed by atoms with Crippen molar-refractivity contribution in [1.82, 2.24) is 5.32 Å². The van der Waals surface area contributed by atoms with Crippen LogP contribution in [0.4, 0.5) is 10.1 Å². The highest BCUT2D eigenvalue weighted by molar-refractivity contribution is 5.54. The number of halogens is 1. The smallest absolute Gasteiger partial charge is 0.123 e. The molecule has 0 saturated carbocycles. The van der Waals surface area contributed by atoms with Crippen LogP contribution < -0.4 is 10.2 Å². The Morgan fingerprint density at radius 1 is 1.33 bits per heavy atom. The summed E-state index contributed by atoms with van der Waals surface area (Å²) in [4.78, 5) is 2.33. The molecule has 1 aliphatic rings. The number of nitrogens with zero attached hydrogens (tertiary/aromatic N) is 1. The Kier molecular flexibility index (Phi) is 6.42. The van der Waals surface area contributed by atoms with E-state index in [4.69, 9.17) is 9.47 Å². The molecule has 118 valence electrons. The van der Waals surface area contributed by atoms with E-state index in [0.29, 0.717) is 19.1 Å². The molecule has 0 aromatic heterocycles. The summed E-state index contributed by atoms with van der Waals surface area (Å²) in [5.41, 5.74) is 2.13. The van der Waals surface area contributed by atoms with Crippen molar-refractivity contribution in [2.75, 3.05) is 52.0 Å². The molecule has 1 aliphatic heterocycles. The van der Waals surface area contributed by atoms with Crippen molar-refractivity contribution in [3.05, 3.63) is 29.6 Å². The molecule has 0 amide bonds. The molecular formula is C16H25FN2O2. The molecule has 0 spiro atoms. The Balaban J connectivity index is 2.01. The van der Waals surface area contributed by atoms with Crippen LogP contribution in [0.25, 0.3) is 0 Å². The maximum absolute atomic E-state index is 13.5. The zero-order chi connectivity index (χ0) is 15.1. The average molecular weight is 296 g/mol. The van der Waals surface area contributed by atoms with Crippen molar-refractivity contribution in [3.8, 4) is 0 Å². The van der Waals surface area contributed by atoms with Crippen molar-refractivity contribution >= 4 is 5.69 Å². The zero-order valence-electron chi connectivity index (χ0n) is 12.9. The lowest BCUT2D eigenvalue weighted by Crippen LogP contribution is -2.25. The first-order valence-corrected chi connectivity index (χ1v) is 7.46. The minimum absolute atomic E-state index is 0.185. The Morgan fingerprint density at radius 3 is 2.95 bits per heavy atom. The van der Waals surface area contributed by atoms with Gasteiger partial charge in [0, 0.05) is 52.0 Å². The van der Waals surface area contributed by atoms with Crippen molar-refractivity contribution in [3.63, 3.8) is 0 Å². The van der Waals surface area contributed by atoms with Crippen LogP contribution in [0.1, 0.15) is 12.0 Å². The third-order valence-corrected chi connectivity index (χ3v) is 3.87. The number of anilines is 1.